The predicted molar refractivity (Wildman–Crippen MR) is 98.1 cm³/mol. The predicted octanol–water partition coefficient (Wildman–Crippen LogP) is 4.83. The van der Waals surface area contributed by atoms with Crippen molar-refractivity contribution in [3.05, 3.63) is 89.8 Å². The second kappa shape index (κ2) is 7.48. The number of halogens is 2. The molecule has 0 radical (unpaired) electrons. The van der Waals surface area contributed by atoms with Crippen LogP contribution >= 0.6 is 0 Å². The van der Waals surface area contributed by atoms with Crippen molar-refractivity contribution in [2.75, 3.05) is 0 Å². The van der Waals surface area contributed by atoms with E-state index in [0.717, 1.165) is 29.1 Å². The summed E-state index contributed by atoms with van der Waals surface area (Å²) >= 11 is 0. The van der Waals surface area contributed by atoms with Crippen molar-refractivity contribution >= 4 is 16.8 Å². The summed E-state index contributed by atoms with van der Waals surface area (Å²) in [7, 11) is 0. The molecule has 1 amide bonds. The van der Waals surface area contributed by atoms with Gasteiger partial charge in [0.1, 0.15) is 11.6 Å². The normalized spacial score (nSPS) is 10.8. The number of carbonyl (C=O) groups excluding carboxylic acids is 1. The minimum Gasteiger partial charge on any atom is -0.429 e. The average Bonchev–Trinajstić information content (AvgIpc) is 3.16. The average molecular weight is 380 g/mol. The van der Waals surface area contributed by atoms with Crippen LogP contribution in [0.1, 0.15) is 16.1 Å². The number of pyridine rings is 1. The van der Waals surface area contributed by atoms with Crippen LogP contribution in [0.2, 0.25) is 0 Å². The molecule has 0 bridgehead atoms. The van der Waals surface area contributed by atoms with Crippen LogP contribution in [-0.2, 0) is 6.54 Å². The summed E-state index contributed by atoms with van der Waals surface area (Å²) in [6, 6.07) is 14.8. The first-order chi connectivity index (χ1) is 13.6. The number of hydrogen-bond donors (Lipinski definition) is 1. The first kappa shape index (κ1) is 17.7. The number of nitrogens with one attached hydrogen (secondary N) is 1. The third kappa shape index (κ3) is 3.83. The van der Waals surface area contributed by atoms with Gasteiger partial charge in [-0.3, -0.25) is 9.78 Å². The summed E-state index contributed by atoms with van der Waals surface area (Å²) in [5, 5.41) is 3.60. The monoisotopic (exact) mass is 380 g/mol. The third-order valence-electron chi connectivity index (χ3n) is 4.03. The van der Waals surface area contributed by atoms with E-state index < -0.39 is 11.6 Å². The van der Waals surface area contributed by atoms with Crippen molar-refractivity contribution in [3.8, 4) is 11.7 Å². The summed E-state index contributed by atoms with van der Waals surface area (Å²) in [6.45, 7) is 0.110. The Bertz CT molecular complexity index is 1160. The summed E-state index contributed by atoms with van der Waals surface area (Å²) < 4.78 is 37.4. The second-order valence-electron chi connectivity index (χ2n) is 5.99. The molecule has 1 N–H and O–H groups in total. The van der Waals surface area contributed by atoms with E-state index in [4.69, 9.17) is 9.15 Å². The van der Waals surface area contributed by atoms with E-state index in [2.05, 4.69) is 10.3 Å². The molecule has 0 fully saturated rings. The van der Waals surface area contributed by atoms with Crippen molar-refractivity contribution in [1.82, 2.24) is 10.3 Å². The Morgan fingerprint density at radius 3 is 2.86 bits per heavy atom. The highest BCUT2D eigenvalue weighted by atomic mass is 19.1. The van der Waals surface area contributed by atoms with Gasteiger partial charge >= 0.3 is 0 Å². The topological polar surface area (TPSA) is 64.4 Å². The van der Waals surface area contributed by atoms with Gasteiger partial charge in [0.05, 0.1) is 12.1 Å². The van der Waals surface area contributed by atoms with Gasteiger partial charge in [-0.15, -0.1) is 0 Å². The fourth-order valence-electron chi connectivity index (χ4n) is 2.66. The van der Waals surface area contributed by atoms with Crippen molar-refractivity contribution in [1.29, 1.82) is 0 Å². The smallest absolute Gasteiger partial charge is 0.290 e. The number of carbonyl (C=O) groups is 1. The maximum Gasteiger partial charge on any atom is 0.290 e. The van der Waals surface area contributed by atoms with Crippen LogP contribution < -0.4 is 10.1 Å². The number of hydrogen-bond acceptors (Lipinski definition) is 4. The zero-order chi connectivity index (χ0) is 19.5. The van der Waals surface area contributed by atoms with Crippen LogP contribution in [0, 0.1) is 11.6 Å². The minimum absolute atomic E-state index is 0.00877. The van der Waals surface area contributed by atoms with Crippen molar-refractivity contribution in [3.63, 3.8) is 0 Å². The molecule has 0 aliphatic carbocycles. The molecule has 7 heteroatoms. The van der Waals surface area contributed by atoms with E-state index in [0.29, 0.717) is 11.3 Å². The first-order valence-electron chi connectivity index (χ1n) is 8.43. The zero-order valence-corrected chi connectivity index (χ0v) is 14.5. The van der Waals surface area contributed by atoms with E-state index in [9.17, 15) is 13.6 Å². The molecule has 0 saturated heterocycles. The summed E-state index contributed by atoms with van der Waals surface area (Å²) in [6.07, 6.45) is 1.69. The lowest BCUT2D eigenvalue weighted by Gasteiger charge is -2.05. The zero-order valence-electron chi connectivity index (χ0n) is 14.5. The van der Waals surface area contributed by atoms with E-state index >= 15 is 0 Å². The van der Waals surface area contributed by atoms with Gasteiger partial charge in [-0.1, -0.05) is 6.07 Å². The summed E-state index contributed by atoms with van der Waals surface area (Å²) in [5.41, 5.74) is 1.29. The molecule has 0 unspecified atom stereocenters. The van der Waals surface area contributed by atoms with E-state index in [1.165, 1.54) is 6.07 Å². The molecule has 2 heterocycles. The minimum atomic E-state index is -0.710. The van der Waals surface area contributed by atoms with Gasteiger partial charge in [-0.25, -0.2) is 8.78 Å². The molecule has 140 valence electrons. The standard InChI is InChI=1S/C21H14F2N2O3/c22-15-4-6-17(23)19(11-15)28-20-8-5-16(27-20)12-25-21(26)14-3-7-18-13(10-14)2-1-9-24-18/h1-11H,12H2,(H,25,26). The van der Waals surface area contributed by atoms with Gasteiger partial charge in [0.2, 0.25) is 0 Å². The fraction of sp³-hybridized carbons (Fsp3) is 0.0476. The molecule has 0 aliphatic heterocycles. The maximum absolute atomic E-state index is 13.6. The number of aromatic nitrogens is 1. The van der Waals surface area contributed by atoms with E-state index in [1.54, 1.807) is 36.5 Å². The Balaban J connectivity index is 1.41. The Kier molecular flexibility index (Phi) is 4.72. The lowest BCUT2D eigenvalue weighted by atomic mass is 10.1. The molecule has 2 aromatic carbocycles. The quantitative estimate of drug-likeness (QED) is 0.539. The molecule has 4 rings (SSSR count). The Morgan fingerprint density at radius 1 is 1.07 bits per heavy atom. The van der Waals surface area contributed by atoms with Crippen molar-refractivity contribution in [2.24, 2.45) is 0 Å². The van der Waals surface area contributed by atoms with E-state index in [-0.39, 0.29) is 24.1 Å². The first-order valence-corrected chi connectivity index (χ1v) is 8.43. The van der Waals surface area contributed by atoms with Crippen molar-refractivity contribution < 1.29 is 22.7 Å². The highest BCUT2D eigenvalue weighted by molar-refractivity contribution is 5.97. The van der Waals surface area contributed by atoms with Crippen LogP contribution in [-0.4, -0.2) is 10.9 Å². The van der Waals surface area contributed by atoms with Crippen LogP contribution in [0.15, 0.2) is 71.3 Å². The number of ether oxygens (including phenoxy) is 1. The molecule has 0 spiro atoms. The number of nitrogens with zero attached hydrogens (tertiary/aromatic N) is 1. The summed E-state index contributed by atoms with van der Waals surface area (Å²) in [5.74, 6) is -1.50. The molecule has 28 heavy (non-hydrogen) atoms. The maximum atomic E-state index is 13.6. The Hall–Kier alpha value is -3.74. The molecule has 0 saturated carbocycles. The van der Waals surface area contributed by atoms with Gasteiger partial charge in [0.15, 0.2) is 11.6 Å². The van der Waals surface area contributed by atoms with Gasteiger partial charge in [0, 0.05) is 29.3 Å². The molecular weight excluding hydrogens is 366 g/mol. The molecule has 2 aromatic heterocycles. The van der Waals surface area contributed by atoms with Gasteiger partial charge in [-0.05, 0) is 42.5 Å². The molecule has 5 nitrogen and oxygen atoms in total. The van der Waals surface area contributed by atoms with Crippen LogP contribution in [0.5, 0.6) is 11.7 Å². The van der Waals surface area contributed by atoms with Crippen LogP contribution in [0.25, 0.3) is 10.9 Å². The summed E-state index contributed by atoms with van der Waals surface area (Å²) in [4.78, 5) is 16.6. The lowest BCUT2D eigenvalue weighted by Crippen LogP contribution is -2.22. The highest BCUT2D eigenvalue weighted by Gasteiger charge is 2.11. The molecule has 0 aliphatic rings. The number of amides is 1. The van der Waals surface area contributed by atoms with Crippen LogP contribution in [0.4, 0.5) is 8.78 Å². The second-order valence-corrected chi connectivity index (χ2v) is 5.99. The molecule has 0 atom stereocenters. The van der Waals surface area contributed by atoms with Gasteiger partial charge in [0.25, 0.3) is 11.9 Å². The van der Waals surface area contributed by atoms with Gasteiger partial charge in [-0.2, -0.15) is 0 Å². The van der Waals surface area contributed by atoms with Crippen LogP contribution in [0.3, 0.4) is 0 Å². The molecular formula is C21H14F2N2O3. The number of fused-ring (bicyclic) bond motifs is 1. The molecule has 4 aromatic rings. The number of benzene rings is 2. The number of rotatable bonds is 5. The fourth-order valence-corrected chi connectivity index (χ4v) is 2.66. The van der Waals surface area contributed by atoms with Gasteiger partial charge < -0.3 is 14.5 Å². The highest BCUT2D eigenvalue weighted by Crippen LogP contribution is 2.27. The SMILES string of the molecule is O=C(NCc1ccc(Oc2cc(F)ccc2F)o1)c1ccc2ncccc2c1. The Labute approximate surface area is 158 Å². The number of furan rings is 1. The van der Waals surface area contributed by atoms with E-state index in [1.807, 2.05) is 6.07 Å². The van der Waals surface area contributed by atoms with Crippen molar-refractivity contribution in [2.45, 2.75) is 6.54 Å². The Morgan fingerprint density at radius 2 is 1.96 bits per heavy atom. The largest absolute Gasteiger partial charge is 0.429 e. The third-order valence-corrected chi connectivity index (χ3v) is 4.03. The lowest BCUT2D eigenvalue weighted by molar-refractivity contribution is 0.0947.